The molecule has 2 heterocycles. The predicted octanol–water partition coefficient (Wildman–Crippen LogP) is 3.80. The zero-order valence-electron chi connectivity index (χ0n) is 17.3. The number of halogens is 1. The zero-order chi connectivity index (χ0) is 21.8. The van der Waals surface area contributed by atoms with Crippen LogP contribution in [0.4, 0.5) is 5.69 Å². The maximum atomic E-state index is 13.3. The van der Waals surface area contributed by atoms with E-state index in [1.54, 1.807) is 24.5 Å². The van der Waals surface area contributed by atoms with Crippen LogP contribution in [0.25, 0.3) is 0 Å². The van der Waals surface area contributed by atoms with Gasteiger partial charge in [-0.1, -0.05) is 25.0 Å². The van der Waals surface area contributed by atoms with E-state index in [9.17, 15) is 14.4 Å². The lowest BCUT2D eigenvalue weighted by Gasteiger charge is -2.26. The van der Waals surface area contributed by atoms with Gasteiger partial charge in [-0.15, -0.1) is 0 Å². The van der Waals surface area contributed by atoms with Gasteiger partial charge >= 0.3 is 0 Å². The summed E-state index contributed by atoms with van der Waals surface area (Å²) in [6.07, 6.45) is 6.03. The van der Waals surface area contributed by atoms with Crippen molar-refractivity contribution < 1.29 is 18.8 Å². The molecule has 1 aromatic carbocycles. The first-order chi connectivity index (χ1) is 15.0. The van der Waals surface area contributed by atoms with Crippen LogP contribution in [-0.4, -0.2) is 46.7 Å². The van der Waals surface area contributed by atoms with Crippen molar-refractivity contribution in [3.8, 4) is 0 Å². The van der Waals surface area contributed by atoms with E-state index in [1.165, 1.54) is 4.90 Å². The van der Waals surface area contributed by atoms with E-state index in [0.29, 0.717) is 18.0 Å². The summed E-state index contributed by atoms with van der Waals surface area (Å²) >= 11 is 3.41. The van der Waals surface area contributed by atoms with E-state index in [-0.39, 0.29) is 43.3 Å². The molecule has 1 N–H and O–H groups in total. The number of anilines is 1. The highest BCUT2D eigenvalue weighted by atomic mass is 79.9. The van der Waals surface area contributed by atoms with Crippen LogP contribution in [0.2, 0.25) is 0 Å². The van der Waals surface area contributed by atoms with Crippen LogP contribution in [0.1, 0.15) is 37.9 Å². The van der Waals surface area contributed by atoms with Gasteiger partial charge in [-0.05, 0) is 53.0 Å². The quantitative estimate of drug-likeness (QED) is 0.643. The van der Waals surface area contributed by atoms with Gasteiger partial charge in [0.25, 0.3) is 0 Å². The molecule has 1 aromatic heterocycles. The van der Waals surface area contributed by atoms with E-state index < -0.39 is 5.92 Å². The first-order valence-electron chi connectivity index (χ1n) is 10.7. The number of hydrogen-bond acceptors (Lipinski definition) is 4. The van der Waals surface area contributed by atoms with Gasteiger partial charge in [-0.3, -0.25) is 14.4 Å². The van der Waals surface area contributed by atoms with Gasteiger partial charge in [-0.25, -0.2) is 0 Å². The molecule has 1 unspecified atom stereocenters. The van der Waals surface area contributed by atoms with Crippen LogP contribution in [0.3, 0.4) is 0 Å². The second kappa shape index (κ2) is 9.68. The molecule has 2 fully saturated rings. The van der Waals surface area contributed by atoms with Crippen molar-refractivity contribution in [2.24, 2.45) is 5.92 Å². The fourth-order valence-corrected chi connectivity index (χ4v) is 4.84. The molecular formula is C23H26BrN3O4. The maximum Gasteiger partial charge on any atom is 0.244 e. The van der Waals surface area contributed by atoms with Crippen molar-refractivity contribution in [1.29, 1.82) is 0 Å². The lowest BCUT2D eigenvalue weighted by Crippen LogP contribution is -2.42. The van der Waals surface area contributed by atoms with Crippen molar-refractivity contribution in [3.05, 3.63) is 52.9 Å². The second-order valence-electron chi connectivity index (χ2n) is 8.19. The Morgan fingerprint density at radius 1 is 1.16 bits per heavy atom. The van der Waals surface area contributed by atoms with Gasteiger partial charge < -0.3 is 19.5 Å². The van der Waals surface area contributed by atoms with Crippen molar-refractivity contribution in [2.45, 2.75) is 44.7 Å². The molecule has 8 heteroatoms. The van der Waals surface area contributed by atoms with Crippen molar-refractivity contribution in [2.75, 3.05) is 18.4 Å². The average molecular weight is 488 g/mol. The molecule has 1 aliphatic heterocycles. The molecule has 0 radical (unpaired) electrons. The van der Waals surface area contributed by atoms with Crippen molar-refractivity contribution in [1.82, 2.24) is 9.80 Å². The third-order valence-corrected chi connectivity index (χ3v) is 6.69. The van der Waals surface area contributed by atoms with E-state index in [0.717, 1.165) is 30.2 Å². The minimum Gasteiger partial charge on any atom is -0.467 e. The van der Waals surface area contributed by atoms with Crippen molar-refractivity contribution >= 4 is 39.3 Å². The second-order valence-corrected chi connectivity index (χ2v) is 9.04. The van der Waals surface area contributed by atoms with Crippen LogP contribution in [0.5, 0.6) is 0 Å². The Hall–Kier alpha value is -2.61. The molecule has 31 heavy (non-hydrogen) atoms. The highest BCUT2D eigenvalue weighted by Gasteiger charge is 2.40. The summed E-state index contributed by atoms with van der Waals surface area (Å²) in [5.41, 5.74) is 0.640. The Morgan fingerprint density at radius 2 is 1.94 bits per heavy atom. The molecule has 3 amide bonds. The highest BCUT2D eigenvalue weighted by Crippen LogP contribution is 2.30. The van der Waals surface area contributed by atoms with Gasteiger partial charge in [0.1, 0.15) is 12.3 Å². The van der Waals surface area contributed by atoms with Crippen LogP contribution in [0, 0.1) is 5.92 Å². The minimum absolute atomic E-state index is 0.0425. The summed E-state index contributed by atoms with van der Waals surface area (Å²) in [7, 11) is 0. The molecule has 164 valence electrons. The summed E-state index contributed by atoms with van der Waals surface area (Å²) in [5.74, 6) is -0.282. The van der Waals surface area contributed by atoms with E-state index >= 15 is 0 Å². The molecule has 0 spiro atoms. The standard InChI is InChI=1S/C23H26BrN3O4/c24-19-9-3-4-10-20(19)25-21(28)15-26(14-18-8-5-11-31-18)23(30)16-12-22(29)27(13-16)17-6-1-2-7-17/h3-5,8-11,16-17H,1-2,6-7,12-15H2,(H,25,28). The molecular weight excluding hydrogens is 462 g/mol. The van der Waals surface area contributed by atoms with Crippen LogP contribution >= 0.6 is 15.9 Å². The van der Waals surface area contributed by atoms with Crippen LogP contribution in [-0.2, 0) is 20.9 Å². The number of nitrogens with one attached hydrogen (secondary N) is 1. The maximum absolute atomic E-state index is 13.3. The molecule has 1 atom stereocenters. The Labute approximate surface area is 189 Å². The fourth-order valence-electron chi connectivity index (χ4n) is 4.45. The highest BCUT2D eigenvalue weighted by molar-refractivity contribution is 9.10. The largest absolute Gasteiger partial charge is 0.467 e. The zero-order valence-corrected chi connectivity index (χ0v) is 18.8. The fraction of sp³-hybridized carbons (Fsp3) is 0.435. The van der Waals surface area contributed by atoms with E-state index in [2.05, 4.69) is 21.2 Å². The smallest absolute Gasteiger partial charge is 0.244 e. The third kappa shape index (κ3) is 5.18. The third-order valence-electron chi connectivity index (χ3n) is 5.99. The number of amides is 3. The van der Waals surface area contributed by atoms with Crippen LogP contribution in [0.15, 0.2) is 51.6 Å². The predicted molar refractivity (Wildman–Crippen MR) is 119 cm³/mol. The topological polar surface area (TPSA) is 82.9 Å². The molecule has 1 aliphatic carbocycles. The molecule has 1 saturated heterocycles. The summed E-state index contributed by atoms with van der Waals surface area (Å²) < 4.78 is 6.17. The number of benzene rings is 1. The number of rotatable bonds is 7. The number of carbonyl (C=O) groups is 3. The van der Waals surface area contributed by atoms with Crippen molar-refractivity contribution in [3.63, 3.8) is 0 Å². The molecule has 2 aliphatic rings. The van der Waals surface area contributed by atoms with Gasteiger partial charge in [-0.2, -0.15) is 0 Å². The van der Waals surface area contributed by atoms with Gasteiger partial charge in [0.05, 0.1) is 24.4 Å². The Kier molecular flexibility index (Phi) is 6.75. The summed E-state index contributed by atoms with van der Waals surface area (Å²) in [5, 5.41) is 2.84. The summed E-state index contributed by atoms with van der Waals surface area (Å²) in [6.45, 7) is 0.501. The number of para-hydroxylation sites is 1. The number of furan rings is 1. The SMILES string of the molecule is O=C(CN(Cc1ccco1)C(=O)C1CC(=O)N(C2CCCC2)C1)Nc1ccccc1Br. The summed E-state index contributed by atoms with van der Waals surface area (Å²) in [6, 6.07) is 11.1. The number of likely N-dealkylation sites (tertiary alicyclic amines) is 1. The monoisotopic (exact) mass is 487 g/mol. The lowest BCUT2D eigenvalue weighted by molar-refractivity contribution is -0.139. The molecule has 1 saturated carbocycles. The number of nitrogens with zero attached hydrogens (tertiary/aromatic N) is 2. The van der Waals surface area contributed by atoms with Gasteiger partial charge in [0.15, 0.2) is 0 Å². The average Bonchev–Trinajstić information content (AvgIpc) is 3.50. The van der Waals surface area contributed by atoms with Gasteiger partial charge in [0.2, 0.25) is 17.7 Å². The normalized spacial score (nSPS) is 19.1. The lowest BCUT2D eigenvalue weighted by atomic mass is 10.1. The van der Waals surface area contributed by atoms with E-state index in [4.69, 9.17) is 4.42 Å². The molecule has 7 nitrogen and oxygen atoms in total. The molecule has 2 aromatic rings. The Bertz CT molecular complexity index is 940. The number of hydrogen-bond donors (Lipinski definition) is 1. The minimum atomic E-state index is -0.431. The van der Waals surface area contributed by atoms with Crippen LogP contribution < -0.4 is 5.32 Å². The molecule has 0 bridgehead atoms. The van der Waals surface area contributed by atoms with Gasteiger partial charge in [0, 0.05) is 23.5 Å². The number of carbonyl (C=O) groups excluding carboxylic acids is 3. The van der Waals surface area contributed by atoms with E-state index in [1.807, 2.05) is 23.1 Å². The Morgan fingerprint density at radius 3 is 2.65 bits per heavy atom. The molecule has 4 rings (SSSR count). The summed E-state index contributed by atoms with van der Waals surface area (Å²) in [4.78, 5) is 42.0. The first kappa shape index (κ1) is 21.6. The Balaban J connectivity index is 1.45. The first-order valence-corrected chi connectivity index (χ1v) is 11.5.